The van der Waals surface area contributed by atoms with Crippen LogP contribution in [0, 0.1) is 5.41 Å². The minimum atomic E-state index is -0.0327. The minimum Gasteiger partial charge on any atom is -0.375 e. The van der Waals surface area contributed by atoms with Gasteiger partial charge in [-0.05, 0) is 50.5 Å². The predicted octanol–water partition coefficient (Wildman–Crippen LogP) is 3.00. The lowest BCUT2D eigenvalue weighted by Crippen LogP contribution is -2.48. The van der Waals surface area contributed by atoms with E-state index in [0.29, 0.717) is 13.0 Å². The van der Waals surface area contributed by atoms with Crippen LogP contribution in [0.25, 0.3) is 0 Å². The van der Waals surface area contributed by atoms with Crippen molar-refractivity contribution in [2.75, 3.05) is 13.2 Å². The Morgan fingerprint density at radius 2 is 2.00 bits per heavy atom. The van der Waals surface area contributed by atoms with Crippen LogP contribution in [0.2, 0.25) is 0 Å². The Morgan fingerprint density at radius 1 is 1.33 bits per heavy atom. The number of hydrogen-bond donors (Lipinski definition) is 2. The molecule has 1 aliphatic heterocycles. The second kappa shape index (κ2) is 8.14. The highest BCUT2D eigenvalue weighted by Gasteiger charge is 2.35. The molecule has 1 amide bonds. The standard InChI is InChI=1S/C17H34N2O2/c1-5-17(6-2)13-14(8-12-21-17)19-15(20)7-9-16(3,4)10-11-18/h14H,5-13,18H2,1-4H3,(H,19,20). The Balaban J connectivity index is 2.41. The lowest BCUT2D eigenvalue weighted by atomic mass is 9.84. The summed E-state index contributed by atoms with van der Waals surface area (Å²) >= 11 is 0. The molecule has 4 heteroatoms. The van der Waals surface area contributed by atoms with Gasteiger partial charge < -0.3 is 15.8 Å². The summed E-state index contributed by atoms with van der Waals surface area (Å²) in [5.41, 5.74) is 5.73. The fourth-order valence-electron chi connectivity index (χ4n) is 3.16. The topological polar surface area (TPSA) is 64.4 Å². The molecule has 0 aromatic rings. The van der Waals surface area contributed by atoms with Gasteiger partial charge in [0, 0.05) is 19.1 Å². The molecule has 1 saturated heterocycles. The number of carbonyl (C=O) groups excluding carboxylic acids is 1. The van der Waals surface area contributed by atoms with Crippen molar-refractivity contribution in [1.82, 2.24) is 5.32 Å². The van der Waals surface area contributed by atoms with Crippen LogP contribution < -0.4 is 11.1 Å². The van der Waals surface area contributed by atoms with Crippen LogP contribution in [0.5, 0.6) is 0 Å². The quantitative estimate of drug-likeness (QED) is 0.724. The Bertz CT molecular complexity index is 325. The zero-order chi connectivity index (χ0) is 15.9. The molecule has 0 saturated carbocycles. The van der Waals surface area contributed by atoms with Crippen molar-refractivity contribution in [3.05, 3.63) is 0 Å². The van der Waals surface area contributed by atoms with Crippen molar-refractivity contribution >= 4 is 5.91 Å². The van der Waals surface area contributed by atoms with Crippen molar-refractivity contribution in [3.63, 3.8) is 0 Å². The number of amides is 1. The summed E-state index contributed by atoms with van der Waals surface area (Å²) in [6, 6.07) is 0.267. The number of ether oxygens (including phenoxy) is 1. The summed E-state index contributed by atoms with van der Waals surface area (Å²) in [6.45, 7) is 10.1. The number of rotatable bonds is 8. The molecular formula is C17H34N2O2. The van der Waals surface area contributed by atoms with Gasteiger partial charge in [0.2, 0.25) is 5.91 Å². The van der Waals surface area contributed by atoms with E-state index in [2.05, 4.69) is 33.0 Å². The molecule has 0 aromatic heterocycles. The van der Waals surface area contributed by atoms with Crippen LogP contribution in [0.4, 0.5) is 0 Å². The molecule has 1 heterocycles. The van der Waals surface area contributed by atoms with Crippen LogP contribution >= 0.6 is 0 Å². The maximum absolute atomic E-state index is 12.2. The molecule has 124 valence electrons. The summed E-state index contributed by atoms with van der Waals surface area (Å²) in [5, 5.41) is 3.21. The lowest BCUT2D eigenvalue weighted by molar-refractivity contribution is -0.126. The molecule has 0 spiro atoms. The molecule has 1 atom stereocenters. The Labute approximate surface area is 130 Å². The summed E-state index contributed by atoms with van der Waals surface area (Å²) in [4.78, 5) is 12.2. The maximum Gasteiger partial charge on any atom is 0.220 e. The van der Waals surface area contributed by atoms with Crippen LogP contribution in [0.15, 0.2) is 0 Å². The van der Waals surface area contributed by atoms with E-state index < -0.39 is 0 Å². The summed E-state index contributed by atoms with van der Waals surface area (Å²) in [6.07, 6.45) is 6.35. The van der Waals surface area contributed by atoms with Crippen molar-refractivity contribution in [2.24, 2.45) is 11.1 Å². The summed E-state index contributed by atoms with van der Waals surface area (Å²) < 4.78 is 5.96. The first-order valence-corrected chi connectivity index (χ1v) is 8.50. The van der Waals surface area contributed by atoms with E-state index >= 15 is 0 Å². The van der Waals surface area contributed by atoms with Crippen LogP contribution in [0.3, 0.4) is 0 Å². The Kier molecular flexibility index (Phi) is 7.14. The van der Waals surface area contributed by atoms with Gasteiger partial charge in [-0.25, -0.2) is 0 Å². The van der Waals surface area contributed by atoms with Crippen molar-refractivity contribution in [2.45, 2.75) is 84.3 Å². The van der Waals surface area contributed by atoms with Gasteiger partial charge in [0.25, 0.3) is 0 Å². The first-order chi connectivity index (χ1) is 9.86. The van der Waals surface area contributed by atoms with Crippen LogP contribution in [-0.4, -0.2) is 30.7 Å². The number of hydrogen-bond acceptors (Lipinski definition) is 3. The molecule has 1 rings (SSSR count). The van der Waals surface area contributed by atoms with E-state index in [4.69, 9.17) is 10.5 Å². The maximum atomic E-state index is 12.2. The third-order valence-corrected chi connectivity index (χ3v) is 5.00. The average molecular weight is 298 g/mol. The molecule has 1 aliphatic rings. The van der Waals surface area contributed by atoms with Gasteiger partial charge in [-0.3, -0.25) is 4.79 Å². The van der Waals surface area contributed by atoms with Gasteiger partial charge in [0.15, 0.2) is 0 Å². The molecule has 1 fully saturated rings. The molecule has 21 heavy (non-hydrogen) atoms. The lowest BCUT2D eigenvalue weighted by Gasteiger charge is -2.40. The highest BCUT2D eigenvalue weighted by Crippen LogP contribution is 2.31. The fraction of sp³-hybridized carbons (Fsp3) is 0.941. The molecule has 0 aliphatic carbocycles. The van der Waals surface area contributed by atoms with Gasteiger partial charge in [0.05, 0.1) is 5.60 Å². The van der Waals surface area contributed by atoms with Gasteiger partial charge in [-0.1, -0.05) is 27.7 Å². The van der Waals surface area contributed by atoms with E-state index in [1.165, 1.54) is 0 Å². The largest absolute Gasteiger partial charge is 0.375 e. The summed E-state index contributed by atoms with van der Waals surface area (Å²) in [5.74, 6) is 0.174. The smallest absolute Gasteiger partial charge is 0.220 e. The Morgan fingerprint density at radius 3 is 2.57 bits per heavy atom. The molecule has 3 N–H and O–H groups in total. The molecular weight excluding hydrogens is 264 g/mol. The van der Waals surface area contributed by atoms with E-state index in [1.54, 1.807) is 0 Å². The fourth-order valence-corrected chi connectivity index (χ4v) is 3.16. The highest BCUT2D eigenvalue weighted by molar-refractivity contribution is 5.76. The second-order valence-corrected chi connectivity index (χ2v) is 7.20. The van der Waals surface area contributed by atoms with E-state index in [9.17, 15) is 4.79 Å². The van der Waals surface area contributed by atoms with Crippen LogP contribution in [-0.2, 0) is 9.53 Å². The number of nitrogens with one attached hydrogen (secondary N) is 1. The predicted molar refractivity (Wildman–Crippen MR) is 87.1 cm³/mol. The highest BCUT2D eigenvalue weighted by atomic mass is 16.5. The zero-order valence-electron chi connectivity index (χ0n) is 14.3. The van der Waals surface area contributed by atoms with Gasteiger partial charge in [-0.2, -0.15) is 0 Å². The van der Waals surface area contributed by atoms with Gasteiger partial charge in [-0.15, -0.1) is 0 Å². The molecule has 0 radical (unpaired) electrons. The first-order valence-electron chi connectivity index (χ1n) is 8.50. The van der Waals surface area contributed by atoms with Gasteiger partial charge >= 0.3 is 0 Å². The van der Waals surface area contributed by atoms with E-state index in [1.807, 2.05) is 0 Å². The minimum absolute atomic E-state index is 0.0327. The average Bonchev–Trinajstić information content (AvgIpc) is 2.45. The molecule has 0 aromatic carbocycles. The number of nitrogens with two attached hydrogens (primary N) is 1. The monoisotopic (exact) mass is 298 g/mol. The third kappa shape index (κ3) is 5.95. The van der Waals surface area contributed by atoms with Crippen molar-refractivity contribution in [1.29, 1.82) is 0 Å². The van der Waals surface area contributed by atoms with Crippen molar-refractivity contribution in [3.8, 4) is 0 Å². The molecule has 4 nitrogen and oxygen atoms in total. The number of carbonyl (C=O) groups is 1. The Hall–Kier alpha value is -0.610. The van der Waals surface area contributed by atoms with E-state index in [-0.39, 0.29) is 23.0 Å². The zero-order valence-corrected chi connectivity index (χ0v) is 14.3. The normalized spacial score (nSPS) is 22.0. The van der Waals surface area contributed by atoms with Crippen LogP contribution in [0.1, 0.15) is 72.6 Å². The molecule has 1 unspecified atom stereocenters. The summed E-state index contributed by atoms with van der Waals surface area (Å²) in [7, 11) is 0. The molecule has 0 bridgehead atoms. The third-order valence-electron chi connectivity index (χ3n) is 5.00. The van der Waals surface area contributed by atoms with Gasteiger partial charge in [0.1, 0.15) is 0 Å². The van der Waals surface area contributed by atoms with Crippen molar-refractivity contribution < 1.29 is 9.53 Å². The SMILES string of the molecule is CCC1(CC)CC(NC(=O)CCC(C)(C)CCN)CCO1. The van der Waals surface area contributed by atoms with E-state index in [0.717, 1.165) is 45.1 Å². The first kappa shape index (κ1) is 18.4. The second-order valence-electron chi connectivity index (χ2n) is 7.20.